The molecule has 2 heterocycles. The first-order valence-electron chi connectivity index (χ1n) is 8.72. The highest BCUT2D eigenvalue weighted by atomic mass is 16.2. The molecule has 0 aliphatic carbocycles. The van der Waals surface area contributed by atoms with Crippen LogP contribution in [-0.2, 0) is 0 Å². The smallest absolute Gasteiger partial charge is 0.278 e. The second-order valence-corrected chi connectivity index (χ2v) is 6.36. The van der Waals surface area contributed by atoms with Crippen LogP contribution in [0.15, 0.2) is 67.1 Å². The first-order chi connectivity index (χ1) is 14.1. The van der Waals surface area contributed by atoms with Gasteiger partial charge in [-0.25, -0.2) is 9.97 Å². The molecule has 138 valence electrons. The monoisotopic (exact) mass is 378 g/mol. The van der Waals surface area contributed by atoms with E-state index >= 15 is 0 Å². The molecule has 4 aromatic rings. The zero-order valence-corrected chi connectivity index (χ0v) is 15.4. The number of nitriles is 2. The van der Waals surface area contributed by atoms with E-state index in [1.54, 1.807) is 66.3 Å². The maximum absolute atomic E-state index is 12.9. The van der Waals surface area contributed by atoms with Gasteiger partial charge >= 0.3 is 0 Å². The lowest BCUT2D eigenvalue weighted by molar-refractivity contribution is 0.0988. The van der Waals surface area contributed by atoms with Crippen LogP contribution in [0.4, 0.5) is 5.69 Å². The number of hydrogen-bond donors (Lipinski definition) is 0. The fraction of sp³-hybridized carbons (Fsp3) is 0.0455. The Labute approximate surface area is 166 Å². The number of aromatic nitrogens is 3. The van der Waals surface area contributed by atoms with Crippen molar-refractivity contribution < 1.29 is 4.79 Å². The largest absolute Gasteiger partial charge is 0.310 e. The van der Waals surface area contributed by atoms with Crippen molar-refractivity contribution in [2.75, 3.05) is 11.9 Å². The Bertz CT molecular complexity index is 1310. The zero-order chi connectivity index (χ0) is 20.4. The van der Waals surface area contributed by atoms with Gasteiger partial charge in [-0.1, -0.05) is 12.1 Å². The molecule has 0 radical (unpaired) electrons. The van der Waals surface area contributed by atoms with E-state index in [2.05, 4.69) is 22.1 Å². The van der Waals surface area contributed by atoms with E-state index < -0.39 is 0 Å². The molecule has 0 spiro atoms. The molecule has 4 rings (SSSR count). The Balaban J connectivity index is 1.72. The summed E-state index contributed by atoms with van der Waals surface area (Å²) in [5, 5.41) is 18.1. The third-order valence-corrected chi connectivity index (χ3v) is 4.59. The van der Waals surface area contributed by atoms with Gasteiger partial charge in [-0.3, -0.25) is 9.20 Å². The molecule has 0 saturated heterocycles. The van der Waals surface area contributed by atoms with Crippen LogP contribution >= 0.6 is 0 Å². The number of carbonyl (C=O) groups excluding carboxylic acids is 1. The molecule has 0 N–H and O–H groups in total. The van der Waals surface area contributed by atoms with E-state index in [1.807, 2.05) is 6.07 Å². The number of imidazole rings is 1. The van der Waals surface area contributed by atoms with Gasteiger partial charge in [-0.2, -0.15) is 10.5 Å². The van der Waals surface area contributed by atoms with E-state index in [1.165, 1.54) is 11.1 Å². The van der Waals surface area contributed by atoms with Crippen LogP contribution in [0.1, 0.15) is 21.6 Å². The van der Waals surface area contributed by atoms with Crippen LogP contribution in [0, 0.1) is 22.7 Å². The number of amides is 1. The van der Waals surface area contributed by atoms with Crippen LogP contribution < -0.4 is 4.90 Å². The standard InChI is InChI=1S/C22H14N6O/c1-27(18-7-5-15(10-23)6-8-18)22(29)19-14-28-20(12-26-21(28)13-25-19)17-4-2-3-16(9-17)11-24/h2-9,12-14H,1H3. The molecule has 0 fully saturated rings. The first kappa shape index (κ1) is 17.9. The summed E-state index contributed by atoms with van der Waals surface area (Å²) in [6.07, 6.45) is 4.86. The number of fused-ring (bicyclic) bond motifs is 1. The lowest BCUT2D eigenvalue weighted by Gasteiger charge is -2.17. The van der Waals surface area contributed by atoms with Gasteiger partial charge in [0.25, 0.3) is 5.91 Å². The number of carbonyl (C=O) groups is 1. The highest BCUT2D eigenvalue weighted by Gasteiger charge is 2.17. The average molecular weight is 378 g/mol. The molecular formula is C22H14N6O. The zero-order valence-electron chi connectivity index (χ0n) is 15.4. The van der Waals surface area contributed by atoms with Crippen molar-refractivity contribution in [2.24, 2.45) is 0 Å². The molecule has 0 aliphatic rings. The van der Waals surface area contributed by atoms with Gasteiger partial charge in [0.1, 0.15) is 5.69 Å². The van der Waals surface area contributed by atoms with Gasteiger partial charge in [-0.15, -0.1) is 0 Å². The van der Waals surface area contributed by atoms with Gasteiger partial charge < -0.3 is 4.90 Å². The van der Waals surface area contributed by atoms with Crippen LogP contribution in [-0.4, -0.2) is 27.3 Å². The van der Waals surface area contributed by atoms with E-state index in [0.29, 0.717) is 22.5 Å². The fourth-order valence-corrected chi connectivity index (χ4v) is 3.01. The van der Waals surface area contributed by atoms with Gasteiger partial charge in [0, 0.05) is 24.5 Å². The van der Waals surface area contributed by atoms with E-state index in [9.17, 15) is 4.79 Å². The summed E-state index contributed by atoms with van der Waals surface area (Å²) >= 11 is 0. The van der Waals surface area contributed by atoms with Gasteiger partial charge in [0.05, 0.1) is 41.4 Å². The Morgan fingerprint density at radius 2 is 1.76 bits per heavy atom. The fourth-order valence-electron chi connectivity index (χ4n) is 3.01. The van der Waals surface area contributed by atoms with Crippen LogP contribution in [0.25, 0.3) is 16.9 Å². The Hall–Kier alpha value is -4.49. The molecule has 1 amide bonds. The molecule has 29 heavy (non-hydrogen) atoms. The number of nitrogens with zero attached hydrogens (tertiary/aromatic N) is 6. The third kappa shape index (κ3) is 3.29. The SMILES string of the molecule is CN(C(=O)c1cn2c(-c3cccc(C#N)c3)cnc2cn1)c1ccc(C#N)cc1. The molecule has 2 aromatic carbocycles. The van der Waals surface area contributed by atoms with Gasteiger partial charge in [0.15, 0.2) is 5.65 Å². The lowest BCUT2D eigenvalue weighted by atomic mass is 10.1. The topological polar surface area (TPSA) is 98.1 Å². The van der Waals surface area contributed by atoms with Crippen molar-refractivity contribution in [3.63, 3.8) is 0 Å². The van der Waals surface area contributed by atoms with Gasteiger partial charge in [-0.05, 0) is 36.4 Å². The number of benzene rings is 2. The maximum Gasteiger partial charge on any atom is 0.278 e. The predicted molar refractivity (Wildman–Crippen MR) is 107 cm³/mol. The van der Waals surface area contributed by atoms with E-state index in [4.69, 9.17) is 10.5 Å². The van der Waals surface area contributed by atoms with Crippen molar-refractivity contribution in [1.29, 1.82) is 10.5 Å². The molecule has 2 aromatic heterocycles. The Kier molecular flexibility index (Phi) is 4.48. The van der Waals surface area contributed by atoms with Crippen molar-refractivity contribution in [3.8, 4) is 23.4 Å². The number of rotatable bonds is 3. The summed E-state index contributed by atoms with van der Waals surface area (Å²) in [5.41, 5.74) is 4.15. The molecule has 0 atom stereocenters. The van der Waals surface area contributed by atoms with Crippen molar-refractivity contribution in [2.45, 2.75) is 0 Å². The number of anilines is 1. The summed E-state index contributed by atoms with van der Waals surface area (Å²) in [6, 6.07) is 18.1. The molecule has 0 bridgehead atoms. The highest BCUT2D eigenvalue weighted by molar-refractivity contribution is 6.04. The summed E-state index contributed by atoms with van der Waals surface area (Å²) < 4.78 is 1.78. The van der Waals surface area contributed by atoms with Crippen LogP contribution in [0.2, 0.25) is 0 Å². The average Bonchev–Trinajstić information content (AvgIpc) is 3.21. The molecule has 7 nitrogen and oxygen atoms in total. The van der Waals surface area contributed by atoms with Gasteiger partial charge in [0.2, 0.25) is 0 Å². The third-order valence-electron chi connectivity index (χ3n) is 4.59. The molecular weight excluding hydrogens is 364 g/mol. The summed E-state index contributed by atoms with van der Waals surface area (Å²) in [4.78, 5) is 23.0. The molecule has 0 aliphatic heterocycles. The quantitative estimate of drug-likeness (QED) is 0.544. The summed E-state index contributed by atoms with van der Waals surface area (Å²) in [5.74, 6) is -0.290. The van der Waals surface area contributed by atoms with Crippen LogP contribution in [0.5, 0.6) is 0 Å². The van der Waals surface area contributed by atoms with Crippen LogP contribution in [0.3, 0.4) is 0 Å². The normalized spacial score (nSPS) is 10.3. The predicted octanol–water partition coefficient (Wildman–Crippen LogP) is 3.42. The first-order valence-corrected chi connectivity index (χ1v) is 8.72. The second kappa shape index (κ2) is 7.26. The van der Waals surface area contributed by atoms with E-state index in [-0.39, 0.29) is 11.6 Å². The minimum absolute atomic E-state index is 0.250. The minimum Gasteiger partial charge on any atom is -0.310 e. The van der Waals surface area contributed by atoms with Crippen molar-refractivity contribution in [1.82, 2.24) is 14.4 Å². The van der Waals surface area contributed by atoms with Crippen molar-refractivity contribution in [3.05, 3.63) is 83.9 Å². The minimum atomic E-state index is -0.290. The Morgan fingerprint density at radius 1 is 1.00 bits per heavy atom. The maximum atomic E-state index is 12.9. The molecule has 0 unspecified atom stereocenters. The number of hydrogen-bond acceptors (Lipinski definition) is 5. The molecule has 0 saturated carbocycles. The second-order valence-electron chi connectivity index (χ2n) is 6.36. The van der Waals surface area contributed by atoms with E-state index in [0.717, 1.165) is 11.3 Å². The summed E-state index contributed by atoms with van der Waals surface area (Å²) in [7, 11) is 1.65. The lowest BCUT2D eigenvalue weighted by Crippen LogP contribution is -2.27. The Morgan fingerprint density at radius 3 is 2.48 bits per heavy atom. The van der Waals surface area contributed by atoms with Crippen molar-refractivity contribution >= 4 is 17.2 Å². The highest BCUT2D eigenvalue weighted by Crippen LogP contribution is 2.22. The summed E-state index contributed by atoms with van der Waals surface area (Å²) in [6.45, 7) is 0. The molecule has 7 heteroatoms.